The van der Waals surface area contributed by atoms with Crippen LogP contribution in [0, 0.1) is 5.92 Å². The summed E-state index contributed by atoms with van der Waals surface area (Å²) in [7, 11) is 1.72. The van der Waals surface area contributed by atoms with Crippen molar-refractivity contribution in [2.75, 3.05) is 40.0 Å². The first-order valence-electron chi connectivity index (χ1n) is 4.14. The van der Waals surface area contributed by atoms with Crippen LogP contribution in [0.1, 0.15) is 6.42 Å². The van der Waals surface area contributed by atoms with Gasteiger partial charge in [-0.15, -0.1) is 0 Å². The first-order chi connectivity index (χ1) is 5.36. The Kier molecular flexibility index (Phi) is 3.80. The van der Waals surface area contributed by atoms with E-state index >= 15 is 0 Å². The molecule has 1 aliphatic heterocycles. The zero-order valence-electron chi connectivity index (χ0n) is 7.05. The van der Waals surface area contributed by atoms with Crippen LogP contribution in [0.15, 0.2) is 0 Å². The third kappa shape index (κ3) is 2.75. The Morgan fingerprint density at radius 1 is 1.64 bits per heavy atom. The molecular formula is C8H16FNO. The van der Waals surface area contributed by atoms with E-state index in [-0.39, 0.29) is 6.67 Å². The lowest BCUT2D eigenvalue weighted by Gasteiger charge is -2.12. The molecular weight excluding hydrogens is 145 g/mol. The van der Waals surface area contributed by atoms with E-state index in [1.807, 2.05) is 0 Å². The van der Waals surface area contributed by atoms with Crippen molar-refractivity contribution in [2.45, 2.75) is 6.42 Å². The predicted molar refractivity (Wildman–Crippen MR) is 42.4 cm³/mol. The lowest BCUT2D eigenvalue weighted by atomic mass is 10.1. The maximum atomic E-state index is 11.9. The minimum atomic E-state index is -0.223. The smallest absolute Gasteiger partial charge is 0.102 e. The second-order valence-electron chi connectivity index (χ2n) is 3.10. The van der Waals surface area contributed by atoms with E-state index in [0.29, 0.717) is 12.5 Å². The number of halogens is 1. The highest BCUT2D eigenvalue weighted by molar-refractivity contribution is 4.74. The summed E-state index contributed by atoms with van der Waals surface area (Å²) in [6, 6.07) is 0. The van der Waals surface area contributed by atoms with Gasteiger partial charge in [0.2, 0.25) is 0 Å². The van der Waals surface area contributed by atoms with Crippen LogP contribution in [0.4, 0.5) is 4.39 Å². The molecule has 0 aromatic rings. The Hall–Kier alpha value is -0.150. The highest BCUT2D eigenvalue weighted by atomic mass is 19.1. The molecule has 0 aromatic carbocycles. The number of nitrogens with zero attached hydrogens (tertiary/aromatic N) is 1. The van der Waals surface area contributed by atoms with Gasteiger partial charge in [0.1, 0.15) is 6.67 Å². The van der Waals surface area contributed by atoms with Crippen LogP contribution in [0.25, 0.3) is 0 Å². The van der Waals surface area contributed by atoms with Crippen molar-refractivity contribution in [1.29, 1.82) is 0 Å². The monoisotopic (exact) mass is 161 g/mol. The molecule has 1 saturated heterocycles. The second-order valence-corrected chi connectivity index (χ2v) is 3.10. The molecule has 1 atom stereocenters. The number of rotatable bonds is 4. The molecule has 0 N–H and O–H groups in total. The van der Waals surface area contributed by atoms with Crippen molar-refractivity contribution in [3.63, 3.8) is 0 Å². The molecule has 1 rings (SSSR count). The van der Waals surface area contributed by atoms with E-state index in [2.05, 4.69) is 4.90 Å². The Morgan fingerprint density at radius 3 is 3.09 bits per heavy atom. The molecule has 1 heterocycles. The van der Waals surface area contributed by atoms with Gasteiger partial charge in [-0.3, -0.25) is 0 Å². The summed E-state index contributed by atoms with van der Waals surface area (Å²) in [5, 5.41) is 0. The van der Waals surface area contributed by atoms with Gasteiger partial charge in [-0.1, -0.05) is 0 Å². The van der Waals surface area contributed by atoms with Crippen molar-refractivity contribution in [3.05, 3.63) is 0 Å². The van der Waals surface area contributed by atoms with Gasteiger partial charge in [0.05, 0.1) is 6.61 Å². The van der Waals surface area contributed by atoms with E-state index in [4.69, 9.17) is 4.74 Å². The molecule has 0 bridgehead atoms. The Bertz CT molecular complexity index is 98.3. The van der Waals surface area contributed by atoms with Gasteiger partial charge < -0.3 is 9.64 Å². The molecule has 66 valence electrons. The van der Waals surface area contributed by atoms with Gasteiger partial charge in [0.25, 0.3) is 0 Å². The molecule has 3 heteroatoms. The predicted octanol–water partition coefficient (Wildman–Crippen LogP) is 0.924. The molecule has 0 aliphatic carbocycles. The van der Waals surface area contributed by atoms with Gasteiger partial charge in [0, 0.05) is 20.2 Å². The highest BCUT2D eigenvalue weighted by Gasteiger charge is 2.21. The molecule has 0 radical (unpaired) electrons. The van der Waals surface area contributed by atoms with Gasteiger partial charge in [0.15, 0.2) is 0 Å². The van der Waals surface area contributed by atoms with Crippen molar-refractivity contribution < 1.29 is 9.13 Å². The van der Waals surface area contributed by atoms with Crippen LogP contribution >= 0.6 is 0 Å². The van der Waals surface area contributed by atoms with E-state index in [1.165, 1.54) is 0 Å². The fraction of sp³-hybridized carbons (Fsp3) is 1.00. The molecule has 1 fully saturated rings. The quantitative estimate of drug-likeness (QED) is 0.608. The lowest BCUT2D eigenvalue weighted by molar-refractivity contribution is 0.152. The SMILES string of the molecule is COCC1CCN(CCF)C1. The first-order valence-corrected chi connectivity index (χ1v) is 4.14. The summed E-state index contributed by atoms with van der Waals surface area (Å²) >= 11 is 0. The molecule has 1 aliphatic rings. The summed E-state index contributed by atoms with van der Waals surface area (Å²) in [6.07, 6.45) is 1.16. The van der Waals surface area contributed by atoms with Crippen LogP contribution in [-0.4, -0.2) is 44.9 Å². The summed E-state index contributed by atoms with van der Waals surface area (Å²) < 4.78 is 16.9. The van der Waals surface area contributed by atoms with Gasteiger partial charge in [-0.05, 0) is 18.9 Å². The van der Waals surface area contributed by atoms with Gasteiger partial charge >= 0.3 is 0 Å². The van der Waals surface area contributed by atoms with Crippen LogP contribution in [0.3, 0.4) is 0 Å². The fourth-order valence-electron chi connectivity index (χ4n) is 1.61. The molecule has 11 heavy (non-hydrogen) atoms. The lowest BCUT2D eigenvalue weighted by Crippen LogP contribution is -2.23. The van der Waals surface area contributed by atoms with Crippen LogP contribution in [0.5, 0.6) is 0 Å². The highest BCUT2D eigenvalue weighted by Crippen LogP contribution is 2.15. The standard InChI is InChI=1S/C8H16FNO/c1-11-7-8-2-4-10(6-8)5-3-9/h8H,2-7H2,1H3. The van der Waals surface area contributed by atoms with Crippen molar-refractivity contribution in [3.8, 4) is 0 Å². The minimum Gasteiger partial charge on any atom is -0.384 e. The number of methoxy groups -OCH3 is 1. The average molecular weight is 161 g/mol. The largest absolute Gasteiger partial charge is 0.384 e. The third-order valence-electron chi connectivity index (χ3n) is 2.17. The summed E-state index contributed by atoms with van der Waals surface area (Å²) in [5.74, 6) is 0.631. The maximum Gasteiger partial charge on any atom is 0.102 e. The normalized spacial score (nSPS) is 26.2. The molecule has 0 aromatic heterocycles. The average Bonchev–Trinajstić information content (AvgIpc) is 2.38. The Balaban J connectivity index is 2.12. The molecule has 0 saturated carbocycles. The van der Waals surface area contributed by atoms with Gasteiger partial charge in [-0.25, -0.2) is 4.39 Å². The zero-order valence-corrected chi connectivity index (χ0v) is 7.05. The van der Waals surface area contributed by atoms with Crippen LogP contribution < -0.4 is 0 Å². The topological polar surface area (TPSA) is 12.5 Å². The fourth-order valence-corrected chi connectivity index (χ4v) is 1.61. The van der Waals surface area contributed by atoms with Crippen LogP contribution in [0.2, 0.25) is 0 Å². The summed E-state index contributed by atoms with van der Waals surface area (Å²) in [4.78, 5) is 2.16. The van der Waals surface area contributed by atoms with Crippen LogP contribution in [-0.2, 0) is 4.74 Å². The van der Waals surface area contributed by atoms with Crippen molar-refractivity contribution in [2.24, 2.45) is 5.92 Å². The van der Waals surface area contributed by atoms with Crippen molar-refractivity contribution in [1.82, 2.24) is 4.90 Å². The second kappa shape index (κ2) is 4.67. The molecule has 0 spiro atoms. The summed E-state index contributed by atoms with van der Waals surface area (Å²) in [5.41, 5.74) is 0. The Morgan fingerprint density at radius 2 is 2.45 bits per heavy atom. The number of alkyl halides is 1. The van der Waals surface area contributed by atoms with Gasteiger partial charge in [-0.2, -0.15) is 0 Å². The number of hydrogen-bond donors (Lipinski definition) is 0. The van der Waals surface area contributed by atoms with E-state index in [9.17, 15) is 4.39 Å². The Labute approximate surface area is 67.3 Å². The summed E-state index contributed by atoms with van der Waals surface area (Å²) in [6.45, 7) is 3.25. The molecule has 1 unspecified atom stereocenters. The minimum absolute atomic E-state index is 0.223. The van der Waals surface area contributed by atoms with E-state index < -0.39 is 0 Å². The molecule has 2 nitrogen and oxygen atoms in total. The van der Waals surface area contributed by atoms with E-state index in [1.54, 1.807) is 7.11 Å². The third-order valence-corrected chi connectivity index (χ3v) is 2.17. The van der Waals surface area contributed by atoms with Crippen molar-refractivity contribution >= 4 is 0 Å². The number of ether oxygens (including phenoxy) is 1. The maximum absolute atomic E-state index is 11.9. The zero-order chi connectivity index (χ0) is 8.10. The molecule has 0 amide bonds. The van der Waals surface area contributed by atoms with E-state index in [0.717, 1.165) is 26.1 Å². The first kappa shape index (κ1) is 8.94. The number of likely N-dealkylation sites (tertiary alicyclic amines) is 1. The number of hydrogen-bond acceptors (Lipinski definition) is 2.